The lowest BCUT2D eigenvalue weighted by Crippen LogP contribution is -2.35. The maximum absolute atomic E-state index is 12.7. The van der Waals surface area contributed by atoms with E-state index < -0.39 is 26.3 Å². The number of nitrogens with zero attached hydrogens (tertiary/aromatic N) is 2. The van der Waals surface area contributed by atoms with E-state index >= 15 is 0 Å². The van der Waals surface area contributed by atoms with Gasteiger partial charge in [-0.1, -0.05) is 0 Å². The van der Waals surface area contributed by atoms with E-state index in [0.29, 0.717) is 0 Å². The number of carboxylic acids is 1. The molecule has 1 aliphatic rings. The minimum Gasteiger partial charge on any atom is -0.495 e. The van der Waals surface area contributed by atoms with Crippen LogP contribution in [0.25, 0.3) is 0 Å². The predicted octanol–water partition coefficient (Wildman–Crippen LogP) is 1.09. The van der Waals surface area contributed by atoms with Crippen molar-refractivity contribution < 1.29 is 28.0 Å². The van der Waals surface area contributed by atoms with Crippen molar-refractivity contribution in [3.63, 3.8) is 0 Å². The zero-order valence-electron chi connectivity index (χ0n) is 12.6. The number of rotatable bonds is 5. The Bertz CT molecular complexity index is 762. The van der Waals surface area contributed by atoms with Crippen LogP contribution in [-0.4, -0.2) is 48.9 Å². The normalized spacial score (nSPS) is 22.0. The fourth-order valence-corrected chi connectivity index (χ4v) is 4.12. The molecule has 1 N–H and O–H groups in total. The molecule has 1 atom stereocenters. The van der Waals surface area contributed by atoms with Gasteiger partial charge >= 0.3 is 5.97 Å². The summed E-state index contributed by atoms with van der Waals surface area (Å²) in [6, 6.07) is 3.20. The summed E-state index contributed by atoms with van der Waals surface area (Å²) in [4.78, 5) is 21.1. The number of ether oxygens (including phenoxy) is 1. The van der Waals surface area contributed by atoms with Gasteiger partial charge < -0.3 is 9.84 Å². The number of benzene rings is 1. The summed E-state index contributed by atoms with van der Waals surface area (Å²) in [5, 5.41) is 20.0. The molecule has 2 rings (SSSR count). The zero-order chi connectivity index (χ0) is 17.4. The summed E-state index contributed by atoms with van der Waals surface area (Å²) in [7, 11) is -2.79. The van der Waals surface area contributed by atoms with E-state index in [2.05, 4.69) is 0 Å². The van der Waals surface area contributed by atoms with Crippen molar-refractivity contribution in [2.75, 3.05) is 20.2 Å². The van der Waals surface area contributed by atoms with Gasteiger partial charge in [-0.3, -0.25) is 14.9 Å². The smallest absolute Gasteiger partial charge is 0.310 e. The molecule has 23 heavy (non-hydrogen) atoms. The topological polar surface area (TPSA) is 127 Å². The zero-order valence-corrected chi connectivity index (χ0v) is 13.4. The van der Waals surface area contributed by atoms with Crippen LogP contribution in [0.4, 0.5) is 5.69 Å². The fraction of sp³-hybridized carbons (Fsp3) is 0.462. The molecule has 0 aliphatic carbocycles. The molecule has 1 unspecified atom stereocenters. The van der Waals surface area contributed by atoms with Gasteiger partial charge in [-0.25, -0.2) is 8.42 Å². The third-order valence-electron chi connectivity index (χ3n) is 3.93. The molecule has 0 saturated carbocycles. The summed E-state index contributed by atoms with van der Waals surface area (Å²) in [5.74, 6) is -1.21. The van der Waals surface area contributed by atoms with Crippen molar-refractivity contribution in [3.05, 3.63) is 28.3 Å². The molecule has 1 fully saturated rings. The van der Waals surface area contributed by atoms with Crippen molar-refractivity contribution in [3.8, 4) is 5.75 Å². The van der Waals surface area contributed by atoms with E-state index in [1.165, 1.54) is 14.0 Å². The Morgan fingerprint density at radius 3 is 2.61 bits per heavy atom. The van der Waals surface area contributed by atoms with E-state index in [9.17, 15) is 28.4 Å². The van der Waals surface area contributed by atoms with Crippen LogP contribution >= 0.6 is 0 Å². The monoisotopic (exact) mass is 344 g/mol. The third-order valence-corrected chi connectivity index (χ3v) is 5.82. The van der Waals surface area contributed by atoms with Crippen molar-refractivity contribution in [1.82, 2.24) is 4.31 Å². The molecule has 1 heterocycles. The van der Waals surface area contributed by atoms with E-state index in [1.54, 1.807) is 0 Å². The first-order valence-electron chi connectivity index (χ1n) is 6.68. The maximum atomic E-state index is 12.7. The first kappa shape index (κ1) is 17.2. The van der Waals surface area contributed by atoms with Crippen LogP contribution in [0.2, 0.25) is 0 Å². The molecule has 1 aromatic carbocycles. The van der Waals surface area contributed by atoms with Crippen molar-refractivity contribution >= 4 is 21.7 Å². The SMILES string of the molecule is COc1cc([N+](=O)[O-])ccc1S(=O)(=O)N1CCC(C)(C(=O)O)C1. The number of carbonyl (C=O) groups is 1. The number of sulfonamides is 1. The average Bonchev–Trinajstić information content (AvgIpc) is 2.91. The second kappa shape index (κ2) is 5.78. The molecule has 10 heteroatoms. The molecular weight excluding hydrogens is 328 g/mol. The maximum Gasteiger partial charge on any atom is 0.310 e. The van der Waals surface area contributed by atoms with Gasteiger partial charge in [0.15, 0.2) is 0 Å². The lowest BCUT2D eigenvalue weighted by molar-refractivity contribution is -0.385. The first-order valence-corrected chi connectivity index (χ1v) is 8.12. The van der Waals surface area contributed by atoms with Gasteiger partial charge in [0.25, 0.3) is 5.69 Å². The molecule has 1 saturated heterocycles. The van der Waals surface area contributed by atoms with Crippen LogP contribution < -0.4 is 4.74 Å². The molecule has 1 aromatic rings. The molecule has 126 valence electrons. The number of non-ortho nitro benzene ring substituents is 1. The largest absolute Gasteiger partial charge is 0.495 e. The Hall–Kier alpha value is -2.20. The number of methoxy groups -OCH3 is 1. The highest BCUT2D eigenvalue weighted by Crippen LogP contribution is 2.37. The molecule has 9 nitrogen and oxygen atoms in total. The van der Waals surface area contributed by atoms with E-state index in [0.717, 1.165) is 22.5 Å². The molecule has 0 aromatic heterocycles. The number of nitro benzene ring substituents is 1. The summed E-state index contributed by atoms with van der Waals surface area (Å²) in [6.45, 7) is 1.38. The average molecular weight is 344 g/mol. The highest BCUT2D eigenvalue weighted by molar-refractivity contribution is 7.89. The minimum atomic E-state index is -4.01. The lowest BCUT2D eigenvalue weighted by Gasteiger charge is -2.20. The van der Waals surface area contributed by atoms with Crippen LogP contribution in [0.5, 0.6) is 5.75 Å². The Labute approximate surface area is 132 Å². The van der Waals surface area contributed by atoms with Crippen LogP contribution in [0, 0.1) is 15.5 Å². The quantitative estimate of drug-likeness (QED) is 0.625. The molecule has 1 aliphatic heterocycles. The first-order chi connectivity index (χ1) is 10.6. The minimum absolute atomic E-state index is 0.0608. The molecule has 0 radical (unpaired) electrons. The van der Waals surface area contributed by atoms with Crippen LogP contribution in [0.1, 0.15) is 13.3 Å². The summed E-state index contributed by atoms with van der Waals surface area (Å²) >= 11 is 0. The van der Waals surface area contributed by atoms with Gasteiger partial charge in [0.1, 0.15) is 10.6 Å². The Kier molecular flexibility index (Phi) is 4.31. The third kappa shape index (κ3) is 2.99. The van der Waals surface area contributed by atoms with Crippen molar-refractivity contribution in [2.45, 2.75) is 18.2 Å². The standard InChI is InChI=1S/C13H16N2O7S/c1-13(12(16)17)5-6-14(8-13)23(20,21)11-4-3-9(15(18)19)7-10(11)22-2/h3-4,7H,5-6,8H2,1-2H3,(H,16,17). The summed E-state index contributed by atoms with van der Waals surface area (Å²) in [5.41, 5.74) is -1.45. The van der Waals surface area contributed by atoms with E-state index in [1.807, 2.05) is 0 Å². The van der Waals surface area contributed by atoms with Gasteiger partial charge in [-0.2, -0.15) is 4.31 Å². The fourth-order valence-electron chi connectivity index (χ4n) is 2.42. The highest BCUT2D eigenvalue weighted by Gasteiger charge is 2.45. The van der Waals surface area contributed by atoms with E-state index in [-0.39, 0.29) is 35.8 Å². The second-order valence-corrected chi connectivity index (χ2v) is 7.45. The molecule has 0 amide bonds. The van der Waals surface area contributed by atoms with Gasteiger partial charge in [0, 0.05) is 19.2 Å². The van der Waals surface area contributed by atoms with E-state index in [4.69, 9.17) is 4.74 Å². The van der Waals surface area contributed by atoms with Gasteiger partial charge in [-0.15, -0.1) is 0 Å². The van der Waals surface area contributed by atoms with Crippen molar-refractivity contribution in [1.29, 1.82) is 0 Å². The second-order valence-electron chi connectivity index (χ2n) is 5.55. The van der Waals surface area contributed by atoms with Gasteiger partial charge in [-0.05, 0) is 19.4 Å². The summed E-state index contributed by atoms with van der Waals surface area (Å²) < 4.78 is 31.4. The number of hydrogen-bond donors (Lipinski definition) is 1. The van der Waals surface area contributed by atoms with Crippen LogP contribution in [-0.2, 0) is 14.8 Å². The number of carboxylic acid groups (broad SMARTS) is 1. The molecular formula is C13H16N2O7S. The van der Waals surface area contributed by atoms with Gasteiger partial charge in [0.05, 0.1) is 23.5 Å². The number of hydrogen-bond acceptors (Lipinski definition) is 6. The Balaban J connectivity index is 2.41. The number of nitro groups is 1. The summed E-state index contributed by atoms with van der Waals surface area (Å²) in [6.07, 6.45) is 0.191. The lowest BCUT2D eigenvalue weighted by atomic mass is 9.90. The Morgan fingerprint density at radius 2 is 2.13 bits per heavy atom. The molecule has 0 spiro atoms. The highest BCUT2D eigenvalue weighted by atomic mass is 32.2. The van der Waals surface area contributed by atoms with Crippen LogP contribution in [0.15, 0.2) is 23.1 Å². The number of aliphatic carboxylic acids is 1. The van der Waals surface area contributed by atoms with Gasteiger partial charge in [0.2, 0.25) is 10.0 Å². The molecule has 0 bridgehead atoms. The van der Waals surface area contributed by atoms with Crippen LogP contribution in [0.3, 0.4) is 0 Å². The van der Waals surface area contributed by atoms with Crippen molar-refractivity contribution in [2.24, 2.45) is 5.41 Å². The predicted molar refractivity (Wildman–Crippen MR) is 78.8 cm³/mol. The Morgan fingerprint density at radius 1 is 1.48 bits per heavy atom.